The number of thiazole rings is 1. The number of para-hydroxylation sites is 1. The molecule has 1 aromatic carbocycles. The number of hydrogen-bond donors (Lipinski definition) is 0. The molecule has 2 aromatic heterocycles. The molecule has 0 radical (unpaired) electrons. The average molecular weight is 447 g/mol. The Bertz CT molecular complexity index is 965. The lowest BCUT2D eigenvalue weighted by molar-refractivity contribution is -0.139. The molecule has 0 bridgehead atoms. The van der Waals surface area contributed by atoms with Gasteiger partial charge in [0.05, 0.1) is 11.4 Å². The Morgan fingerprint density at radius 3 is 2.70 bits per heavy atom. The maximum Gasteiger partial charge on any atom is 0.331 e. The van der Waals surface area contributed by atoms with E-state index in [1.165, 1.54) is 35.3 Å². The fraction of sp³-hybridized carbons (Fsp3) is 0.105. The number of esters is 1. The summed E-state index contributed by atoms with van der Waals surface area (Å²) in [4.78, 5) is 29.8. The van der Waals surface area contributed by atoms with Crippen LogP contribution in [0.25, 0.3) is 6.08 Å². The van der Waals surface area contributed by atoms with Crippen LogP contribution in [0.3, 0.4) is 0 Å². The SMILES string of the molecule is CC(=O)N(c1ccccc1)c1nc(COC(=O)/C=C/c2ccc(Br)o2)cs1. The van der Waals surface area contributed by atoms with E-state index in [0.29, 0.717) is 21.3 Å². The second kappa shape index (κ2) is 8.79. The lowest BCUT2D eigenvalue weighted by Crippen LogP contribution is -2.22. The number of rotatable bonds is 6. The third-order valence-electron chi connectivity index (χ3n) is 3.40. The summed E-state index contributed by atoms with van der Waals surface area (Å²) in [6, 6.07) is 12.7. The maximum atomic E-state index is 12.0. The highest BCUT2D eigenvalue weighted by Crippen LogP contribution is 2.28. The fourth-order valence-corrected chi connectivity index (χ4v) is 3.42. The minimum absolute atomic E-state index is 0.0159. The first-order valence-corrected chi connectivity index (χ1v) is 9.60. The number of hydrogen-bond acceptors (Lipinski definition) is 6. The fourth-order valence-electron chi connectivity index (χ4n) is 2.23. The molecule has 3 aromatic rings. The number of benzene rings is 1. The first-order chi connectivity index (χ1) is 13.0. The van der Waals surface area contributed by atoms with Crippen molar-refractivity contribution >= 4 is 56.0 Å². The van der Waals surface area contributed by atoms with Crippen molar-refractivity contribution < 1.29 is 18.7 Å². The van der Waals surface area contributed by atoms with Crippen molar-refractivity contribution in [2.24, 2.45) is 0 Å². The quantitative estimate of drug-likeness (QED) is 0.396. The summed E-state index contributed by atoms with van der Waals surface area (Å²) in [7, 11) is 0. The molecule has 2 heterocycles. The van der Waals surface area contributed by atoms with Gasteiger partial charge in [-0.1, -0.05) is 18.2 Å². The smallest absolute Gasteiger partial charge is 0.331 e. The van der Waals surface area contributed by atoms with Gasteiger partial charge in [-0.3, -0.25) is 9.69 Å². The number of carbonyl (C=O) groups is 2. The van der Waals surface area contributed by atoms with Crippen molar-refractivity contribution in [1.29, 1.82) is 0 Å². The second-order valence-electron chi connectivity index (χ2n) is 5.39. The maximum absolute atomic E-state index is 12.0. The molecule has 27 heavy (non-hydrogen) atoms. The summed E-state index contributed by atoms with van der Waals surface area (Å²) in [6.07, 6.45) is 2.80. The van der Waals surface area contributed by atoms with Gasteiger partial charge in [-0.2, -0.15) is 0 Å². The first kappa shape index (κ1) is 19.1. The van der Waals surface area contributed by atoms with Crippen molar-refractivity contribution in [2.45, 2.75) is 13.5 Å². The van der Waals surface area contributed by atoms with Crippen molar-refractivity contribution in [3.8, 4) is 0 Å². The van der Waals surface area contributed by atoms with Crippen molar-refractivity contribution in [1.82, 2.24) is 4.98 Å². The predicted molar refractivity (Wildman–Crippen MR) is 107 cm³/mol. The highest BCUT2D eigenvalue weighted by Gasteiger charge is 2.17. The molecule has 138 valence electrons. The van der Waals surface area contributed by atoms with Gasteiger partial charge in [0, 0.05) is 18.4 Å². The Labute approximate surface area is 168 Å². The average Bonchev–Trinajstić information content (AvgIpc) is 3.28. The molecular formula is C19H15BrN2O4S. The van der Waals surface area contributed by atoms with E-state index in [1.807, 2.05) is 30.3 Å². The van der Waals surface area contributed by atoms with Gasteiger partial charge >= 0.3 is 5.97 Å². The molecule has 0 unspecified atom stereocenters. The van der Waals surface area contributed by atoms with E-state index in [9.17, 15) is 9.59 Å². The number of ether oxygens (including phenoxy) is 1. The highest BCUT2D eigenvalue weighted by atomic mass is 79.9. The summed E-state index contributed by atoms with van der Waals surface area (Å²) in [6.45, 7) is 1.49. The topological polar surface area (TPSA) is 72.6 Å². The number of halogens is 1. The number of nitrogens with zero attached hydrogens (tertiary/aromatic N) is 2. The molecule has 8 heteroatoms. The molecule has 0 atom stereocenters. The highest BCUT2D eigenvalue weighted by molar-refractivity contribution is 9.10. The minimum atomic E-state index is -0.511. The van der Waals surface area contributed by atoms with Gasteiger partial charge in [0.15, 0.2) is 9.80 Å². The van der Waals surface area contributed by atoms with E-state index in [-0.39, 0.29) is 12.5 Å². The Balaban J connectivity index is 1.62. The van der Waals surface area contributed by atoms with Crippen LogP contribution < -0.4 is 4.90 Å². The van der Waals surface area contributed by atoms with Crippen molar-refractivity contribution in [3.63, 3.8) is 0 Å². The summed E-state index contributed by atoms with van der Waals surface area (Å²) in [5.41, 5.74) is 1.30. The molecule has 0 saturated heterocycles. The van der Waals surface area contributed by atoms with Gasteiger partial charge < -0.3 is 9.15 Å². The third-order valence-corrected chi connectivity index (χ3v) is 4.70. The standard InChI is InChI=1S/C19H15BrN2O4S/c1-13(23)22(15-5-3-2-4-6-15)19-21-14(12-27-19)11-25-18(24)10-8-16-7-9-17(20)26-16/h2-10,12H,11H2,1H3/b10-8+. The predicted octanol–water partition coefficient (Wildman–Crippen LogP) is 4.94. The van der Waals surface area contributed by atoms with E-state index >= 15 is 0 Å². The molecule has 0 aliphatic heterocycles. The van der Waals surface area contributed by atoms with Crippen molar-refractivity contribution in [3.05, 3.63) is 70.0 Å². The van der Waals surface area contributed by atoms with Gasteiger partial charge in [-0.05, 0) is 46.3 Å². The molecular weight excluding hydrogens is 432 g/mol. The Morgan fingerprint density at radius 2 is 2.04 bits per heavy atom. The molecule has 6 nitrogen and oxygen atoms in total. The van der Waals surface area contributed by atoms with Gasteiger partial charge in [0.1, 0.15) is 12.4 Å². The van der Waals surface area contributed by atoms with Gasteiger partial charge in [0.2, 0.25) is 5.91 Å². The molecule has 1 amide bonds. The number of aromatic nitrogens is 1. The van der Waals surface area contributed by atoms with Crippen LogP contribution >= 0.6 is 27.3 Å². The molecule has 0 aliphatic carbocycles. The monoisotopic (exact) mass is 446 g/mol. The molecule has 0 spiro atoms. The molecule has 0 fully saturated rings. The minimum Gasteiger partial charge on any atom is -0.456 e. The van der Waals surface area contributed by atoms with Crippen LogP contribution in [0.5, 0.6) is 0 Å². The van der Waals surface area contributed by atoms with E-state index in [0.717, 1.165) is 5.69 Å². The van der Waals surface area contributed by atoms with E-state index < -0.39 is 5.97 Å². The van der Waals surface area contributed by atoms with Crippen LogP contribution in [0.4, 0.5) is 10.8 Å². The third kappa shape index (κ3) is 5.15. The number of carbonyl (C=O) groups excluding carboxylic acids is 2. The van der Waals surface area contributed by atoms with Crippen LogP contribution in [-0.4, -0.2) is 16.9 Å². The molecule has 0 saturated carbocycles. The van der Waals surface area contributed by atoms with E-state index in [4.69, 9.17) is 9.15 Å². The summed E-state index contributed by atoms with van der Waals surface area (Å²) in [5.74, 6) is -0.120. The van der Waals surface area contributed by atoms with Gasteiger partial charge in [-0.25, -0.2) is 9.78 Å². The van der Waals surface area contributed by atoms with Gasteiger partial charge in [0.25, 0.3) is 0 Å². The van der Waals surface area contributed by atoms with Crippen LogP contribution in [0, 0.1) is 0 Å². The van der Waals surface area contributed by atoms with E-state index in [1.54, 1.807) is 17.5 Å². The number of furan rings is 1. The lowest BCUT2D eigenvalue weighted by Gasteiger charge is -2.17. The normalized spacial score (nSPS) is 10.9. The molecule has 0 N–H and O–H groups in total. The number of amides is 1. The summed E-state index contributed by atoms with van der Waals surface area (Å²) in [5, 5.41) is 2.28. The van der Waals surface area contributed by atoms with Gasteiger partial charge in [-0.15, -0.1) is 11.3 Å². The number of anilines is 2. The lowest BCUT2D eigenvalue weighted by atomic mass is 10.3. The van der Waals surface area contributed by atoms with Crippen LogP contribution in [0.2, 0.25) is 0 Å². The Hall–Kier alpha value is -2.71. The second-order valence-corrected chi connectivity index (χ2v) is 7.01. The summed E-state index contributed by atoms with van der Waals surface area (Å²) < 4.78 is 11.0. The Morgan fingerprint density at radius 1 is 1.26 bits per heavy atom. The van der Waals surface area contributed by atoms with Crippen LogP contribution in [0.15, 0.2) is 63.0 Å². The van der Waals surface area contributed by atoms with Crippen LogP contribution in [0.1, 0.15) is 18.4 Å². The van der Waals surface area contributed by atoms with Crippen molar-refractivity contribution in [2.75, 3.05) is 4.90 Å². The Kier molecular flexibility index (Phi) is 6.20. The molecule has 0 aliphatic rings. The largest absolute Gasteiger partial charge is 0.456 e. The van der Waals surface area contributed by atoms with E-state index in [2.05, 4.69) is 20.9 Å². The zero-order chi connectivity index (χ0) is 19.2. The first-order valence-electron chi connectivity index (χ1n) is 7.93. The molecule has 3 rings (SSSR count). The summed E-state index contributed by atoms with van der Waals surface area (Å²) >= 11 is 4.50. The zero-order valence-electron chi connectivity index (χ0n) is 14.3. The van der Waals surface area contributed by atoms with Crippen LogP contribution in [-0.2, 0) is 20.9 Å². The zero-order valence-corrected chi connectivity index (χ0v) is 16.7.